The lowest BCUT2D eigenvalue weighted by molar-refractivity contribution is 0.133. The second kappa shape index (κ2) is 8.68. The molecule has 1 N–H and O–H groups in total. The molecule has 34 heavy (non-hydrogen) atoms. The van der Waals surface area contributed by atoms with Crippen LogP contribution >= 0.6 is 0 Å². The number of aliphatic hydroxyl groups is 1. The van der Waals surface area contributed by atoms with E-state index in [0.29, 0.717) is 22.5 Å². The molecule has 0 radical (unpaired) electrons. The number of allylic oxidation sites excluding steroid dienone is 1. The Morgan fingerprint density at radius 2 is 1.85 bits per heavy atom. The molecule has 2 aromatic carbocycles. The summed E-state index contributed by atoms with van der Waals surface area (Å²) in [7, 11) is 0. The maximum absolute atomic E-state index is 14.7. The molecular formula is C24H23F4N5O. The highest BCUT2D eigenvalue weighted by molar-refractivity contribution is 5.94. The van der Waals surface area contributed by atoms with E-state index in [4.69, 9.17) is 0 Å². The Kier molecular flexibility index (Phi) is 6.03. The number of aromatic nitrogens is 4. The molecule has 0 saturated heterocycles. The average molecular weight is 473 g/mol. The third-order valence-electron chi connectivity index (χ3n) is 5.25. The van der Waals surface area contributed by atoms with Gasteiger partial charge in [-0.3, -0.25) is 4.40 Å². The lowest BCUT2D eigenvalue weighted by Gasteiger charge is -2.26. The van der Waals surface area contributed by atoms with Crippen LogP contribution in [0, 0.1) is 18.6 Å². The molecule has 2 aromatic heterocycles. The molecule has 0 aliphatic heterocycles. The van der Waals surface area contributed by atoms with Crippen molar-refractivity contribution in [3.8, 4) is 0 Å². The second-order valence-corrected chi connectivity index (χ2v) is 8.66. The van der Waals surface area contributed by atoms with E-state index in [1.165, 1.54) is 36.4 Å². The third-order valence-corrected chi connectivity index (χ3v) is 5.25. The first-order chi connectivity index (χ1) is 15.9. The Hall–Kier alpha value is -3.53. The Morgan fingerprint density at radius 3 is 2.53 bits per heavy atom. The standard InChI is InChI=1S/C24H23F4N5O/c1-13(11-24(3,4)34)15-7-17(26)9-18(8-15)32(12-21(27)28)22-19-10-16(25)5-6-20(19)33-14(2)30-31-23(33)29-22/h5-11,21,34H,12H2,1-4H3. The van der Waals surface area contributed by atoms with E-state index in [0.717, 1.165) is 11.0 Å². The summed E-state index contributed by atoms with van der Waals surface area (Å²) in [6.45, 7) is 5.69. The first kappa shape index (κ1) is 23.6. The number of fused-ring (bicyclic) bond motifs is 3. The summed E-state index contributed by atoms with van der Waals surface area (Å²) in [5.41, 5.74) is 0.352. The molecule has 0 aliphatic rings. The summed E-state index contributed by atoms with van der Waals surface area (Å²) < 4.78 is 57.9. The Morgan fingerprint density at radius 1 is 1.12 bits per heavy atom. The van der Waals surface area contributed by atoms with Crippen LogP contribution in [0.5, 0.6) is 0 Å². The molecule has 0 saturated carbocycles. The zero-order valence-corrected chi connectivity index (χ0v) is 19.0. The number of anilines is 2. The van der Waals surface area contributed by atoms with Crippen molar-refractivity contribution in [3.05, 3.63) is 65.5 Å². The van der Waals surface area contributed by atoms with E-state index in [9.17, 15) is 22.7 Å². The first-order valence-electron chi connectivity index (χ1n) is 10.5. The summed E-state index contributed by atoms with van der Waals surface area (Å²) >= 11 is 0. The van der Waals surface area contributed by atoms with Gasteiger partial charge in [0.2, 0.25) is 0 Å². The van der Waals surface area contributed by atoms with Gasteiger partial charge in [-0.1, -0.05) is 6.08 Å². The van der Waals surface area contributed by atoms with Crippen LogP contribution in [0.2, 0.25) is 0 Å². The van der Waals surface area contributed by atoms with Gasteiger partial charge in [-0.15, -0.1) is 10.2 Å². The topological polar surface area (TPSA) is 66.5 Å². The van der Waals surface area contributed by atoms with E-state index in [1.54, 1.807) is 32.1 Å². The molecular weight excluding hydrogens is 450 g/mol. The van der Waals surface area contributed by atoms with Gasteiger partial charge in [0.15, 0.2) is 0 Å². The SMILES string of the molecule is CC(=CC(C)(C)O)c1cc(F)cc(N(CC(F)F)c2nc3nnc(C)n3c3ccc(F)cc23)c1. The monoisotopic (exact) mass is 473 g/mol. The van der Waals surface area contributed by atoms with Crippen LogP contribution in [0.4, 0.5) is 29.1 Å². The molecule has 6 nitrogen and oxygen atoms in total. The predicted octanol–water partition coefficient (Wildman–Crippen LogP) is 5.44. The zero-order valence-electron chi connectivity index (χ0n) is 19.0. The zero-order chi connectivity index (χ0) is 24.8. The molecule has 4 aromatic rings. The summed E-state index contributed by atoms with van der Waals surface area (Å²) in [6.07, 6.45) is -1.27. The highest BCUT2D eigenvalue weighted by Crippen LogP contribution is 2.35. The number of rotatable bonds is 6. The van der Waals surface area contributed by atoms with E-state index < -0.39 is 30.2 Å². The number of hydrogen-bond acceptors (Lipinski definition) is 5. The molecule has 0 unspecified atom stereocenters. The molecule has 0 amide bonds. The van der Waals surface area contributed by atoms with Gasteiger partial charge in [-0.05, 0) is 75.2 Å². The molecule has 0 fully saturated rings. The van der Waals surface area contributed by atoms with Crippen molar-refractivity contribution in [2.45, 2.75) is 39.7 Å². The highest BCUT2D eigenvalue weighted by Gasteiger charge is 2.23. The van der Waals surface area contributed by atoms with Crippen molar-refractivity contribution < 1.29 is 22.7 Å². The second-order valence-electron chi connectivity index (χ2n) is 8.66. The number of nitrogens with zero attached hydrogens (tertiary/aromatic N) is 5. The fourth-order valence-corrected chi connectivity index (χ4v) is 3.97. The fraction of sp³-hybridized carbons (Fsp3) is 0.292. The third kappa shape index (κ3) is 4.72. The van der Waals surface area contributed by atoms with Crippen molar-refractivity contribution in [2.24, 2.45) is 0 Å². The van der Waals surface area contributed by atoms with Crippen LogP contribution in [0.1, 0.15) is 32.2 Å². The molecule has 0 aliphatic carbocycles. The van der Waals surface area contributed by atoms with Crippen molar-refractivity contribution in [2.75, 3.05) is 11.4 Å². The van der Waals surface area contributed by atoms with Crippen molar-refractivity contribution in [1.29, 1.82) is 0 Å². The summed E-state index contributed by atoms with van der Waals surface area (Å²) in [5, 5.41) is 18.3. The Bertz CT molecular complexity index is 1410. The lowest BCUT2D eigenvalue weighted by Crippen LogP contribution is -2.25. The minimum atomic E-state index is -2.80. The number of benzene rings is 2. The molecule has 2 heterocycles. The van der Waals surface area contributed by atoms with E-state index in [1.807, 2.05) is 0 Å². The summed E-state index contributed by atoms with van der Waals surface area (Å²) in [4.78, 5) is 5.54. The maximum atomic E-state index is 14.7. The minimum absolute atomic E-state index is 0.00429. The first-order valence-corrected chi connectivity index (χ1v) is 10.5. The van der Waals surface area contributed by atoms with Gasteiger partial charge in [-0.25, -0.2) is 17.6 Å². The van der Waals surface area contributed by atoms with Crippen LogP contribution in [0.3, 0.4) is 0 Å². The quantitative estimate of drug-likeness (QED) is 0.378. The maximum Gasteiger partial charge on any atom is 0.257 e. The number of hydrogen-bond donors (Lipinski definition) is 1. The molecule has 0 atom stereocenters. The fourth-order valence-electron chi connectivity index (χ4n) is 3.97. The van der Waals surface area contributed by atoms with Gasteiger partial charge < -0.3 is 10.0 Å². The highest BCUT2D eigenvalue weighted by atomic mass is 19.3. The smallest absolute Gasteiger partial charge is 0.257 e. The number of halogens is 4. The molecule has 0 spiro atoms. The van der Waals surface area contributed by atoms with Gasteiger partial charge in [0.25, 0.3) is 12.2 Å². The Balaban J connectivity index is 1.99. The van der Waals surface area contributed by atoms with Crippen LogP contribution < -0.4 is 4.90 Å². The van der Waals surface area contributed by atoms with Crippen LogP contribution in [0.25, 0.3) is 22.3 Å². The van der Waals surface area contributed by atoms with Gasteiger partial charge in [0, 0.05) is 11.1 Å². The summed E-state index contributed by atoms with van der Waals surface area (Å²) in [5.74, 6) is -0.617. The molecule has 0 bridgehead atoms. The van der Waals surface area contributed by atoms with E-state index >= 15 is 0 Å². The van der Waals surface area contributed by atoms with Gasteiger partial charge in [-0.2, -0.15) is 4.98 Å². The number of alkyl halides is 2. The van der Waals surface area contributed by atoms with Crippen LogP contribution in [-0.4, -0.2) is 43.3 Å². The number of aryl methyl sites for hydroxylation is 1. The van der Waals surface area contributed by atoms with Crippen molar-refractivity contribution >= 4 is 33.8 Å². The molecule has 10 heteroatoms. The predicted molar refractivity (Wildman–Crippen MR) is 122 cm³/mol. The average Bonchev–Trinajstić information content (AvgIpc) is 3.10. The Labute approximate surface area is 193 Å². The van der Waals surface area contributed by atoms with E-state index in [2.05, 4.69) is 15.2 Å². The van der Waals surface area contributed by atoms with Gasteiger partial charge in [0.1, 0.15) is 23.3 Å². The lowest BCUT2D eigenvalue weighted by atomic mass is 9.99. The van der Waals surface area contributed by atoms with E-state index in [-0.39, 0.29) is 22.7 Å². The molecule has 4 rings (SSSR count). The normalized spacial score (nSPS) is 12.8. The van der Waals surface area contributed by atoms with Crippen LogP contribution in [-0.2, 0) is 0 Å². The van der Waals surface area contributed by atoms with Crippen LogP contribution in [0.15, 0.2) is 42.5 Å². The molecule has 178 valence electrons. The van der Waals surface area contributed by atoms with Gasteiger partial charge >= 0.3 is 0 Å². The summed E-state index contributed by atoms with van der Waals surface area (Å²) in [6, 6.07) is 7.80. The van der Waals surface area contributed by atoms with Gasteiger partial charge in [0.05, 0.1) is 17.7 Å². The van der Waals surface area contributed by atoms with Crippen molar-refractivity contribution in [3.63, 3.8) is 0 Å². The largest absolute Gasteiger partial charge is 0.386 e. The van der Waals surface area contributed by atoms with Crippen molar-refractivity contribution in [1.82, 2.24) is 19.6 Å². The minimum Gasteiger partial charge on any atom is -0.386 e.